The van der Waals surface area contributed by atoms with Crippen molar-refractivity contribution in [3.63, 3.8) is 0 Å². The predicted octanol–water partition coefficient (Wildman–Crippen LogP) is 3.43. The van der Waals surface area contributed by atoms with E-state index < -0.39 is 0 Å². The summed E-state index contributed by atoms with van der Waals surface area (Å²) in [6.07, 6.45) is 3.66. The van der Waals surface area contributed by atoms with Crippen molar-refractivity contribution in [2.24, 2.45) is 0 Å². The Morgan fingerprint density at radius 1 is 0.897 bits per heavy atom. The third-order valence-electron chi connectivity index (χ3n) is 5.25. The van der Waals surface area contributed by atoms with E-state index in [1.54, 1.807) is 26.4 Å². The molecule has 1 fully saturated rings. The molecule has 0 radical (unpaired) electrons. The molecule has 2 aromatic carbocycles. The number of nitrogens with zero attached hydrogens (tertiary/aromatic N) is 1. The molecule has 1 N–H and O–H groups in total. The number of benzene rings is 2. The Balaban J connectivity index is 1.56. The summed E-state index contributed by atoms with van der Waals surface area (Å²) in [5, 5.41) is 3.04. The van der Waals surface area contributed by atoms with Crippen LogP contribution < -0.4 is 19.5 Å². The number of rotatable bonds is 9. The Morgan fingerprint density at radius 2 is 1.45 bits per heavy atom. The van der Waals surface area contributed by atoms with Crippen molar-refractivity contribution in [3.8, 4) is 17.2 Å². The van der Waals surface area contributed by atoms with Crippen LogP contribution in [0, 0.1) is 0 Å². The average Bonchev–Trinajstić information content (AvgIpc) is 2.79. The minimum absolute atomic E-state index is 0.0122. The summed E-state index contributed by atoms with van der Waals surface area (Å²) >= 11 is 0. The van der Waals surface area contributed by atoms with Crippen LogP contribution in [0.4, 0.5) is 0 Å². The molecule has 0 spiro atoms. The summed E-state index contributed by atoms with van der Waals surface area (Å²) in [5.41, 5.74) is 1.18. The third kappa shape index (κ3) is 6.12. The highest BCUT2D eigenvalue weighted by Gasteiger charge is 2.23. The maximum atomic E-state index is 12.4. The first-order valence-electron chi connectivity index (χ1n) is 10.1. The summed E-state index contributed by atoms with van der Waals surface area (Å²) in [7, 11) is 3.28. The van der Waals surface area contributed by atoms with Crippen molar-refractivity contribution >= 4 is 5.91 Å². The molecule has 1 amide bonds. The van der Waals surface area contributed by atoms with Crippen LogP contribution in [0.15, 0.2) is 48.5 Å². The molecule has 1 aliphatic heterocycles. The van der Waals surface area contributed by atoms with Crippen molar-refractivity contribution in [2.75, 3.05) is 40.5 Å². The zero-order valence-electron chi connectivity index (χ0n) is 17.2. The fourth-order valence-electron chi connectivity index (χ4n) is 3.60. The Morgan fingerprint density at radius 3 is 2.03 bits per heavy atom. The molecule has 0 aromatic heterocycles. The molecular weight excluding hydrogens is 368 g/mol. The van der Waals surface area contributed by atoms with Crippen LogP contribution in [0.1, 0.15) is 30.9 Å². The molecule has 2 aromatic rings. The molecule has 1 aliphatic rings. The Labute approximate surface area is 172 Å². The molecule has 3 rings (SSSR count). The minimum atomic E-state index is -0.128. The van der Waals surface area contributed by atoms with Gasteiger partial charge >= 0.3 is 0 Å². The highest BCUT2D eigenvalue weighted by Crippen LogP contribution is 2.26. The molecule has 1 atom stereocenters. The van der Waals surface area contributed by atoms with Gasteiger partial charge in [-0.25, -0.2) is 0 Å². The number of carbonyl (C=O) groups excluding carboxylic acids is 1. The number of hydrogen-bond donors (Lipinski definition) is 1. The van der Waals surface area contributed by atoms with Gasteiger partial charge in [-0.2, -0.15) is 0 Å². The summed E-state index contributed by atoms with van der Waals surface area (Å²) < 4.78 is 16.0. The van der Waals surface area contributed by atoms with Gasteiger partial charge in [0.05, 0.1) is 20.3 Å². The molecule has 6 nitrogen and oxygen atoms in total. The van der Waals surface area contributed by atoms with Crippen LogP contribution in [0.2, 0.25) is 0 Å². The van der Waals surface area contributed by atoms with Gasteiger partial charge in [-0.1, -0.05) is 18.6 Å². The second kappa shape index (κ2) is 10.7. The fraction of sp³-hybridized carbons (Fsp3) is 0.435. The summed E-state index contributed by atoms with van der Waals surface area (Å²) in [6, 6.07) is 15.5. The summed E-state index contributed by atoms with van der Waals surface area (Å²) in [6.45, 7) is 2.64. The molecule has 156 valence electrons. The first kappa shape index (κ1) is 21.0. The van der Waals surface area contributed by atoms with Gasteiger partial charge in [0.15, 0.2) is 6.61 Å². The molecule has 1 heterocycles. The topological polar surface area (TPSA) is 60.0 Å². The highest BCUT2D eigenvalue weighted by molar-refractivity contribution is 5.77. The van der Waals surface area contributed by atoms with Crippen LogP contribution in [-0.2, 0) is 4.79 Å². The van der Waals surface area contributed by atoms with Crippen molar-refractivity contribution in [1.82, 2.24) is 10.2 Å². The van der Waals surface area contributed by atoms with E-state index in [2.05, 4.69) is 22.3 Å². The number of methoxy groups -OCH3 is 2. The van der Waals surface area contributed by atoms with Gasteiger partial charge in [-0.05, 0) is 67.9 Å². The van der Waals surface area contributed by atoms with E-state index in [-0.39, 0.29) is 18.6 Å². The summed E-state index contributed by atoms with van der Waals surface area (Å²) in [5.74, 6) is 2.11. The van der Waals surface area contributed by atoms with E-state index in [0.29, 0.717) is 12.3 Å². The highest BCUT2D eigenvalue weighted by atomic mass is 16.5. The van der Waals surface area contributed by atoms with Crippen LogP contribution in [0.3, 0.4) is 0 Å². The van der Waals surface area contributed by atoms with Crippen LogP contribution >= 0.6 is 0 Å². The van der Waals surface area contributed by atoms with Crippen LogP contribution in [-0.4, -0.2) is 51.3 Å². The number of piperidine rings is 1. The molecule has 6 heteroatoms. The number of likely N-dealkylation sites (tertiary alicyclic amines) is 1. The standard InChI is InChI=1S/C23H30N2O4/c1-27-19-8-6-18(7-9-19)22(25-14-4-3-5-15-25)16-24-23(26)17-29-21-12-10-20(28-2)11-13-21/h6-13,22H,3-5,14-17H2,1-2H3,(H,24,26). The van der Waals surface area contributed by atoms with Crippen LogP contribution in [0.5, 0.6) is 17.2 Å². The monoisotopic (exact) mass is 398 g/mol. The Hall–Kier alpha value is -2.73. The number of carbonyl (C=O) groups is 1. The third-order valence-corrected chi connectivity index (χ3v) is 5.25. The van der Waals surface area contributed by atoms with E-state index in [9.17, 15) is 4.79 Å². The van der Waals surface area contributed by atoms with E-state index in [1.165, 1.54) is 24.8 Å². The smallest absolute Gasteiger partial charge is 0.258 e. The van der Waals surface area contributed by atoms with Gasteiger partial charge in [-0.15, -0.1) is 0 Å². The molecule has 0 bridgehead atoms. The molecule has 1 saturated heterocycles. The predicted molar refractivity (Wildman–Crippen MR) is 113 cm³/mol. The molecule has 29 heavy (non-hydrogen) atoms. The summed E-state index contributed by atoms with van der Waals surface area (Å²) in [4.78, 5) is 14.8. The Bertz CT molecular complexity index is 755. The molecule has 0 saturated carbocycles. The lowest BCUT2D eigenvalue weighted by molar-refractivity contribution is -0.123. The van der Waals surface area contributed by atoms with Crippen LogP contribution in [0.25, 0.3) is 0 Å². The largest absolute Gasteiger partial charge is 0.497 e. The zero-order valence-corrected chi connectivity index (χ0v) is 17.2. The van der Waals surface area contributed by atoms with Crippen molar-refractivity contribution < 1.29 is 19.0 Å². The zero-order chi connectivity index (χ0) is 20.5. The normalized spacial score (nSPS) is 15.4. The number of amides is 1. The second-order valence-corrected chi connectivity index (χ2v) is 7.15. The van der Waals surface area contributed by atoms with Crippen molar-refractivity contribution in [3.05, 3.63) is 54.1 Å². The van der Waals surface area contributed by atoms with Gasteiger partial charge < -0.3 is 19.5 Å². The second-order valence-electron chi connectivity index (χ2n) is 7.15. The van der Waals surface area contributed by atoms with Gasteiger partial charge in [0.2, 0.25) is 0 Å². The lowest BCUT2D eigenvalue weighted by Gasteiger charge is -2.35. The van der Waals surface area contributed by atoms with Gasteiger partial charge in [-0.3, -0.25) is 9.69 Å². The lowest BCUT2D eigenvalue weighted by Crippen LogP contribution is -2.41. The van der Waals surface area contributed by atoms with Crippen molar-refractivity contribution in [2.45, 2.75) is 25.3 Å². The quantitative estimate of drug-likeness (QED) is 0.701. The maximum Gasteiger partial charge on any atom is 0.258 e. The minimum Gasteiger partial charge on any atom is -0.497 e. The van der Waals surface area contributed by atoms with E-state index in [4.69, 9.17) is 14.2 Å². The first-order chi connectivity index (χ1) is 14.2. The maximum absolute atomic E-state index is 12.4. The number of nitrogens with one attached hydrogen (secondary N) is 1. The molecule has 1 unspecified atom stereocenters. The Kier molecular flexibility index (Phi) is 7.76. The van der Waals surface area contributed by atoms with Gasteiger partial charge in [0, 0.05) is 6.54 Å². The number of hydrogen-bond acceptors (Lipinski definition) is 5. The first-order valence-corrected chi connectivity index (χ1v) is 10.1. The van der Waals surface area contributed by atoms with Crippen molar-refractivity contribution in [1.29, 1.82) is 0 Å². The lowest BCUT2D eigenvalue weighted by atomic mass is 10.0. The van der Waals surface area contributed by atoms with Gasteiger partial charge in [0.1, 0.15) is 17.2 Å². The van der Waals surface area contributed by atoms with E-state index in [1.807, 2.05) is 24.3 Å². The molecule has 0 aliphatic carbocycles. The molecular formula is C23H30N2O4. The van der Waals surface area contributed by atoms with Gasteiger partial charge in [0.25, 0.3) is 5.91 Å². The van der Waals surface area contributed by atoms with E-state index in [0.717, 1.165) is 24.6 Å². The SMILES string of the molecule is COc1ccc(OCC(=O)NCC(c2ccc(OC)cc2)N2CCCCC2)cc1. The fourth-order valence-corrected chi connectivity index (χ4v) is 3.60. The average molecular weight is 399 g/mol. The number of ether oxygens (including phenoxy) is 3. The van der Waals surface area contributed by atoms with E-state index >= 15 is 0 Å².